The first kappa shape index (κ1) is 19.5. The van der Waals surface area contributed by atoms with Gasteiger partial charge in [0.15, 0.2) is 5.11 Å². The largest absolute Gasteiger partial charge is 0.497 e. The molecule has 2 aromatic heterocycles. The van der Waals surface area contributed by atoms with Gasteiger partial charge < -0.3 is 19.5 Å². The van der Waals surface area contributed by atoms with Gasteiger partial charge in [0.1, 0.15) is 5.75 Å². The van der Waals surface area contributed by atoms with E-state index in [1.807, 2.05) is 30.5 Å². The summed E-state index contributed by atoms with van der Waals surface area (Å²) in [5.41, 5.74) is 5.95. The number of aromatic nitrogens is 2. The normalized spacial score (nSPS) is 18.8. The lowest BCUT2D eigenvalue weighted by Crippen LogP contribution is -2.29. The van der Waals surface area contributed by atoms with Crippen molar-refractivity contribution in [1.82, 2.24) is 19.8 Å². The number of benzene rings is 1. The maximum Gasteiger partial charge on any atom is 0.170 e. The molecule has 3 aromatic rings. The molecule has 150 valence electrons. The van der Waals surface area contributed by atoms with Crippen LogP contribution in [0, 0.1) is 13.8 Å². The fourth-order valence-electron chi connectivity index (χ4n) is 4.03. The Morgan fingerprint density at radius 2 is 1.90 bits per heavy atom. The van der Waals surface area contributed by atoms with Gasteiger partial charge in [-0.2, -0.15) is 0 Å². The number of rotatable bonds is 5. The van der Waals surface area contributed by atoms with Gasteiger partial charge in [-0.3, -0.25) is 4.98 Å². The van der Waals surface area contributed by atoms with Gasteiger partial charge >= 0.3 is 0 Å². The number of methoxy groups -OCH3 is 1. The zero-order chi connectivity index (χ0) is 20.5. The van der Waals surface area contributed by atoms with Crippen molar-refractivity contribution in [3.05, 3.63) is 82.9 Å². The Balaban J connectivity index is 1.75. The Hall–Kier alpha value is -2.86. The molecule has 5 nitrogen and oxygen atoms in total. The molecule has 1 saturated heterocycles. The Labute approximate surface area is 177 Å². The molecule has 0 saturated carbocycles. The van der Waals surface area contributed by atoms with Crippen molar-refractivity contribution in [3.8, 4) is 5.75 Å². The molecule has 0 unspecified atom stereocenters. The van der Waals surface area contributed by atoms with E-state index in [0.717, 1.165) is 23.1 Å². The smallest absolute Gasteiger partial charge is 0.170 e. The van der Waals surface area contributed by atoms with Crippen LogP contribution in [0.1, 0.15) is 40.3 Å². The molecule has 1 aromatic carbocycles. The van der Waals surface area contributed by atoms with Crippen LogP contribution in [0.4, 0.5) is 0 Å². The predicted octanol–water partition coefficient (Wildman–Crippen LogP) is 4.22. The molecule has 1 N–H and O–H groups in total. The fourth-order valence-corrected chi connectivity index (χ4v) is 4.33. The van der Waals surface area contributed by atoms with Crippen LogP contribution >= 0.6 is 12.2 Å². The third-order valence-corrected chi connectivity index (χ3v) is 6.20. The highest BCUT2D eigenvalue weighted by molar-refractivity contribution is 7.80. The summed E-state index contributed by atoms with van der Waals surface area (Å²) in [6.07, 6.45) is 1.84. The van der Waals surface area contributed by atoms with Gasteiger partial charge in [-0.25, -0.2) is 0 Å². The Bertz CT molecular complexity index is 1010. The minimum atomic E-state index is 0.00227. The quantitative estimate of drug-likeness (QED) is 0.643. The SMILES string of the molecule is COc1ccc(CN2C(=S)N[C@@H](c3ccccn3)[C@H]2c2cc(C)n(C)c2C)cc1. The van der Waals surface area contributed by atoms with Gasteiger partial charge in [0.25, 0.3) is 0 Å². The molecule has 1 aliphatic rings. The second-order valence-electron chi connectivity index (χ2n) is 7.49. The summed E-state index contributed by atoms with van der Waals surface area (Å²) in [4.78, 5) is 6.90. The number of hydrogen-bond donors (Lipinski definition) is 1. The molecule has 0 amide bonds. The van der Waals surface area contributed by atoms with E-state index in [9.17, 15) is 0 Å². The van der Waals surface area contributed by atoms with Crippen molar-refractivity contribution >= 4 is 17.3 Å². The second kappa shape index (κ2) is 7.87. The van der Waals surface area contributed by atoms with Gasteiger partial charge in [-0.15, -0.1) is 0 Å². The zero-order valence-electron chi connectivity index (χ0n) is 17.2. The standard InChI is InChI=1S/C23H26N4OS/c1-15-13-19(16(2)26(15)3)22-21(20-7-5-6-12-24-20)25-23(29)27(22)14-17-8-10-18(28-4)11-9-17/h5-13,21-22H,14H2,1-4H3,(H,25,29)/t21-,22+/m0/s1. The summed E-state index contributed by atoms with van der Waals surface area (Å²) in [6, 6.07) is 16.5. The van der Waals surface area contributed by atoms with E-state index in [4.69, 9.17) is 17.0 Å². The van der Waals surface area contributed by atoms with Gasteiger partial charge in [0.2, 0.25) is 0 Å². The van der Waals surface area contributed by atoms with Crippen LogP contribution in [0.3, 0.4) is 0 Å². The highest BCUT2D eigenvalue weighted by atomic mass is 32.1. The Morgan fingerprint density at radius 1 is 1.14 bits per heavy atom. The minimum absolute atomic E-state index is 0.00227. The first-order chi connectivity index (χ1) is 14.0. The van der Waals surface area contributed by atoms with E-state index < -0.39 is 0 Å². The maximum atomic E-state index is 5.78. The van der Waals surface area contributed by atoms with E-state index in [-0.39, 0.29) is 12.1 Å². The number of nitrogens with zero attached hydrogens (tertiary/aromatic N) is 3. The summed E-state index contributed by atoms with van der Waals surface area (Å²) in [5.74, 6) is 0.855. The monoisotopic (exact) mass is 406 g/mol. The minimum Gasteiger partial charge on any atom is -0.497 e. The molecule has 0 bridgehead atoms. The third kappa shape index (κ3) is 3.60. The van der Waals surface area contributed by atoms with E-state index in [1.54, 1.807) is 7.11 Å². The molecule has 0 spiro atoms. The van der Waals surface area contributed by atoms with Crippen LogP contribution in [0.15, 0.2) is 54.7 Å². The van der Waals surface area contributed by atoms with Crippen molar-refractivity contribution in [3.63, 3.8) is 0 Å². The number of nitrogens with one attached hydrogen (secondary N) is 1. The van der Waals surface area contributed by atoms with E-state index in [2.05, 4.69) is 64.9 Å². The van der Waals surface area contributed by atoms with Gasteiger partial charge in [0, 0.05) is 31.2 Å². The summed E-state index contributed by atoms with van der Waals surface area (Å²) in [6.45, 7) is 5.03. The molecule has 1 aliphatic heterocycles. The number of hydrogen-bond acceptors (Lipinski definition) is 3. The number of pyridine rings is 1. The van der Waals surface area contributed by atoms with Crippen LogP contribution in [-0.4, -0.2) is 26.7 Å². The number of thiocarbonyl (C=S) groups is 1. The van der Waals surface area contributed by atoms with Gasteiger partial charge in [0.05, 0.1) is 24.9 Å². The lowest BCUT2D eigenvalue weighted by Gasteiger charge is -2.28. The molecule has 2 atom stereocenters. The van der Waals surface area contributed by atoms with Crippen molar-refractivity contribution in [2.45, 2.75) is 32.5 Å². The van der Waals surface area contributed by atoms with E-state index in [0.29, 0.717) is 0 Å². The highest BCUT2D eigenvalue weighted by Crippen LogP contribution is 2.41. The van der Waals surface area contributed by atoms with Crippen LogP contribution in [0.25, 0.3) is 0 Å². The van der Waals surface area contributed by atoms with Gasteiger partial charge in [-0.05, 0) is 67.5 Å². The summed E-state index contributed by atoms with van der Waals surface area (Å²) < 4.78 is 7.53. The Kier molecular flexibility index (Phi) is 5.28. The fraction of sp³-hybridized carbons (Fsp3) is 0.304. The van der Waals surface area contributed by atoms with Crippen LogP contribution in [0.2, 0.25) is 0 Å². The molecule has 0 aliphatic carbocycles. The first-order valence-corrected chi connectivity index (χ1v) is 10.1. The molecule has 4 rings (SSSR count). The van der Waals surface area contributed by atoms with Gasteiger partial charge in [-0.1, -0.05) is 18.2 Å². The second-order valence-corrected chi connectivity index (χ2v) is 7.87. The van der Waals surface area contributed by atoms with E-state index in [1.165, 1.54) is 22.5 Å². The number of aryl methyl sites for hydroxylation is 1. The molecule has 1 fully saturated rings. The molecular weight excluding hydrogens is 380 g/mol. The Morgan fingerprint density at radius 3 is 2.48 bits per heavy atom. The van der Waals surface area contributed by atoms with Crippen LogP contribution < -0.4 is 10.1 Å². The summed E-state index contributed by atoms with van der Waals surface area (Å²) in [7, 11) is 3.79. The summed E-state index contributed by atoms with van der Waals surface area (Å²) >= 11 is 5.78. The molecule has 0 radical (unpaired) electrons. The van der Waals surface area contributed by atoms with Crippen molar-refractivity contribution in [2.24, 2.45) is 7.05 Å². The van der Waals surface area contributed by atoms with Crippen molar-refractivity contribution in [2.75, 3.05) is 7.11 Å². The topological polar surface area (TPSA) is 42.3 Å². The van der Waals surface area contributed by atoms with Crippen molar-refractivity contribution < 1.29 is 4.74 Å². The van der Waals surface area contributed by atoms with Crippen LogP contribution in [0.5, 0.6) is 5.75 Å². The maximum absolute atomic E-state index is 5.78. The molecular formula is C23H26N4OS. The van der Waals surface area contributed by atoms with E-state index >= 15 is 0 Å². The van der Waals surface area contributed by atoms with Crippen molar-refractivity contribution in [1.29, 1.82) is 0 Å². The lowest BCUT2D eigenvalue weighted by molar-refractivity contribution is 0.309. The number of ether oxygens (including phenoxy) is 1. The average Bonchev–Trinajstić information content (AvgIpc) is 3.20. The molecule has 29 heavy (non-hydrogen) atoms. The molecule has 3 heterocycles. The predicted molar refractivity (Wildman–Crippen MR) is 119 cm³/mol. The zero-order valence-corrected chi connectivity index (χ0v) is 18.0. The third-order valence-electron chi connectivity index (χ3n) is 5.84. The lowest BCUT2D eigenvalue weighted by atomic mass is 9.96. The average molecular weight is 407 g/mol. The highest BCUT2D eigenvalue weighted by Gasteiger charge is 2.41. The van der Waals surface area contributed by atoms with Crippen LogP contribution in [-0.2, 0) is 13.6 Å². The molecule has 6 heteroatoms. The summed E-state index contributed by atoms with van der Waals surface area (Å²) in [5, 5.41) is 4.28. The first-order valence-electron chi connectivity index (χ1n) is 9.73.